The van der Waals surface area contributed by atoms with Crippen molar-refractivity contribution in [2.75, 3.05) is 0 Å². The Labute approximate surface area is 134 Å². The van der Waals surface area contributed by atoms with Crippen molar-refractivity contribution < 1.29 is 16.8 Å². The second-order valence-electron chi connectivity index (χ2n) is 4.75. The van der Waals surface area contributed by atoms with Gasteiger partial charge in [-0.1, -0.05) is 42.5 Å². The van der Waals surface area contributed by atoms with E-state index in [2.05, 4.69) is 9.71 Å². The summed E-state index contributed by atoms with van der Waals surface area (Å²) in [6.45, 7) is -0.0231. The summed E-state index contributed by atoms with van der Waals surface area (Å²) >= 11 is 0. The molecule has 23 heavy (non-hydrogen) atoms. The van der Waals surface area contributed by atoms with Crippen molar-refractivity contribution in [2.45, 2.75) is 11.4 Å². The van der Waals surface area contributed by atoms with Crippen LogP contribution in [0, 0.1) is 0 Å². The van der Waals surface area contributed by atoms with Gasteiger partial charge in [0, 0.05) is 6.54 Å². The summed E-state index contributed by atoms with van der Waals surface area (Å²) in [6, 6.07) is 14.8. The Hall–Kier alpha value is -2.23. The number of nitrogens with zero attached hydrogens (tertiary/aromatic N) is 2. The molecule has 120 valence electrons. The van der Waals surface area contributed by atoms with Crippen LogP contribution in [0.2, 0.25) is 0 Å². The van der Waals surface area contributed by atoms with Crippen LogP contribution in [-0.4, -0.2) is 26.9 Å². The summed E-state index contributed by atoms with van der Waals surface area (Å²) in [5.41, 5.74) is 0.921. The van der Waals surface area contributed by atoms with E-state index in [1.807, 2.05) is 0 Å². The highest BCUT2D eigenvalue weighted by Gasteiger charge is 2.36. The van der Waals surface area contributed by atoms with E-state index in [0.29, 0.717) is 5.56 Å². The van der Waals surface area contributed by atoms with Crippen LogP contribution in [0.25, 0.3) is 0 Å². The van der Waals surface area contributed by atoms with Gasteiger partial charge >= 0.3 is 10.2 Å². The van der Waals surface area contributed by atoms with E-state index in [1.165, 1.54) is 18.2 Å². The molecular weight excluding hydrogens is 338 g/mol. The molecule has 2 aromatic rings. The Morgan fingerprint density at radius 1 is 1.00 bits per heavy atom. The molecule has 9 heteroatoms. The molecule has 0 atom stereocenters. The van der Waals surface area contributed by atoms with Crippen LogP contribution < -0.4 is 4.72 Å². The lowest BCUT2D eigenvalue weighted by molar-refractivity contribution is 0.537. The van der Waals surface area contributed by atoms with Crippen molar-refractivity contribution in [1.82, 2.24) is 8.43 Å². The molecule has 0 saturated heterocycles. The van der Waals surface area contributed by atoms with Crippen LogP contribution in [0.5, 0.6) is 0 Å². The van der Waals surface area contributed by atoms with Gasteiger partial charge in [-0.05, 0) is 17.7 Å². The molecule has 1 N–H and O–H groups in total. The quantitative estimate of drug-likeness (QED) is 0.900. The fourth-order valence-corrected chi connectivity index (χ4v) is 5.16. The number of fused-ring (bicyclic) bond motifs is 1. The molecule has 0 aliphatic carbocycles. The van der Waals surface area contributed by atoms with Gasteiger partial charge in [-0.25, -0.2) is 4.99 Å². The summed E-state index contributed by atoms with van der Waals surface area (Å²) in [5, 5.41) is 0. The molecular formula is C14H13N3O4S2. The van der Waals surface area contributed by atoms with Crippen molar-refractivity contribution in [3.63, 3.8) is 0 Å². The van der Waals surface area contributed by atoms with Gasteiger partial charge in [-0.2, -0.15) is 21.6 Å². The predicted octanol–water partition coefficient (Wildman–Crippen LogP) is 1.39. The molecule has 0 aromatic heterocycles. The molecule has 2 aromatic carbocycles. The summed E-state index contributed by atoms with van der Waals surface area (Å²) < 4.78 is 52.1. The molecule has 3 rings (SSSR count). The number of benzene rings is 2. The molecule has 0 spiro atoms. The lowest BCUT2D eigenvalue weighted by Crippen LogP contribution is -2.44. The van der Waals surface area contributed by atoms with Crippen LogP contribution >= 0.6 is 0 Å². The SMILES string of the molecule is O=S(=O)(NCc1ccccc1)N1C=Nc2ccccc2S1(=O)=O. The van der Waals surface area contributed by atoms with Gasteiger partial charge in [0.25, 0.3) is 10.0 Å². The first-order chi connectivity index (χ1) is 10.9. The Morgan fingerprint density at radius 2 is 1.65 bits per heavy atom. The van der Waals surface area contributed by atoms with Crippen LogP contribution in [-0.2, 0) is 26.8 Å². The number of aliphatic imine (C=N–C) groups is 1. The largest absolute Gasteiger partial charge is 0.316 e. The predicted molar refractivity (Wildman–Crippen MR) is 85.8 cm³/mol. The molecule has 0 fully saturated rings. The topological polar surface area (TPSA) is 95.9 Å². The lowest BCUT2D eigenvalue weighted by Gasteiger charge is -2.23. The van der Waals surface area contributed by atoms with Gasteiger partial charge in [0.1, 0.15) is 11.2 Å². The van der Waals surface area contributed by atoms with Crippen molar-refractivity contribution in [1.29, 1.82) is 0 Å². The smallest absolute Gasteiger partial charge is 0.236 e. The van der Waals surface area contributed by atoms with E-state index in [-0.39, 0.29) is 20.8 Å². The maximum atomic E-state index is 12.5. The first kappa shape index (κ1) is 15.7. The highest BCUT2D eigenvalue weighted by atomic mass is 32.3. The Kier molecular flexibility index (Phi) is 3.92. The summed E-state index contributed by atoms with van der Waals surface area (Å²) in [6.07, 6.45) is 0.797. The third-order valence-electron chi connectivity index (χ3n) is 3.21. The summed E-state index contributed by atoms with van der Waals surface area (Å²) in [7, 11) is -8.50. The first-order valence-corrected chi connectivity index (χ1v) is 9.51. The Morgan fingerprint density at radius 3 is 2.39 bits per heavy atom. The second-order valence-corrected chi connectivity index (χ2v) is 8.40. The molecule has 7 nitrogen and oxygen atoms in total. The minimum atomic E-state index is -4.29. The number of rotatable bonds is 4. The molecule has 1 aliphatic heterocycles. The zero-order valence-electron chi connectivity index (χ0n) is 11.8. The number of hydrogen-bond acceptors (Lipinski definition) is 5. The highest BCUT2D eigenvalue weighted by molar-refractivity contribution is 8.04. The van der Waals surface area contributed by atoms with Gasteiger partial charge in [0.2, 0.25) is 0 Å². The standard InChI is InChI=1S/C14H13N3O4S2/c18-22(19)14-9-5-4-8-13(14)15-11-17(22)23(20,21)16-10-12-6-2-1-3-7-12/h1-9,11,16H,10H2. The highest BCUT2D eigenvalue weighted by Crippen LogP contribution is 2.30. The number of hydrogen-bond donors (Lipinski definition) is 1. The number of nitrogens with one attached hydrogen (secondary N) is 1. The van der Waals surface area contributed by atoms with Gasteiger partial charge < -0.3 is 0 Å². The molecule has 0 saturated carbocycles. The van der Waals surface area contributed by atoms with Crippen molar-refractivity contribution in [2.24, 2.45) is 4.99 Å². The third kappa shape index (κ3) is 2.98. The maximum absolute atomic E-state index is 12.5. The fourth-order valence-electron chi connectivity index (χ4n) is 2.08. The fraction of sp³-hybridized carbons (Fsp3) is 0.0714. The van der Waals surface area contributed by atoms with E-state index in [1.54, 1.807) is 36.4 Å². The van der Waals surface area contributed by atoms with Gasteiger partial charge in [0.15, 0.2) is 0 Å². The monoisotopic (exact) mass is 351 g/mol. The summed E-state index contributed by atoms with van der Waals surface area (Å²) in [4.78, 5) is 3.75. The van der Waals surface area contributed by atoms with Crippen LogP contribution in [0.4, 0.5) is 5.69 Å². The van der Waals surface area contributed by atoms with Gasteiger partial charge in [0.05, 0.1) is 5.69 Å². The van der Waals surface area contributed by atoms with Crippen molar-refractivity contribution >= 4 is 32.3 Å². The number of sulfonamides is 1. The van der Waals surface area contributed by atoms with Crippen molar-refractivity contribution in [3.05, 3.63) is 60.2 Å². The van der Waals surface area contributed by atoms with E-state index >= 15 is 0 Å². The lowest BCUT2D eigenvalue weighted by atomic mass is 10.2. The van der Waals surface area contributed by atoms with Crippen LogP contribution in [0.3, 0.4) is 0 Å². The minimum absolute atomic E-state index is 0.0231. The first-order valence-electron chi connectivity index (χ1n) is 6.63. The zero-order chi connectivity index (χ0) is 16.5. The molecule has 0 unspecified atom stereocenters. The van der Waals surface area contributed by atoms with Gasteiger partial charge in [-0.3, -0.25) is 0 Å². The molecule has 0 radical (unpaired) electrons. The molecule has 1 heterocycles. The zero-order valence-corrected chi connectivity index (χ0v) is 13.5. The second kappa shape index (κ2) is 5.76. The van der Waals surface area contributed by atoms with Crippen LogP contribution in [0.15, 0.2) is 64.5 Å². The third-order valence-corrected chi connectivity index (χ3v) is 6.93. The Bertz CT molecular complexity index is 955. The van der Waals surface area contributed by atoms with E-state index in [0.717, 1.165) is 6.34 Å². The maximum Gasteiger partial charge on any atom is 0.316 e. The van der Waals surface area contributed by atoms with Gasteiger partial charge in [-0.15, -0.1) is 3.71 Å². The van der Waals surface area contributed by atoms with Crippen molar-refractivity contribution in [3.8, 4) is 0 Å². The normalized spacial score (nSPS) is 16.1. The average Bonchev–Trinajstić information content (AvgIpc) is 2.54. The molecule has 0 amide bonds. The van der Waals surface area contributed by atoms with E-state index in [9.17, 15) is 16.8 Å². The summed E-state index contributed by atoms with van der Waals surface area (Å²) in [5.74, 6) is 0. The van der Waals surface area contributed by atoms with Crippen LogP contribution in [0.1, 0.15) is 5.56 Å². The number of para-hydroxylation sites is 1. The average molecular weight is 351 g/mol. The van der Waals surface area contributed by atoms with E-state index < -0.39 is 20.2 Å². The Balaban J connectivity index is 1.90. The minimum Gasteiger partial charge on any atom is -0.236 e. The molecule has 1 aliphatic rings. The van der Waals surface area contributed by atoms with E-state index in [4.69, 9.17) is 0 Å². The molecule has 0 bridgehead atoms.